The van der Waals surface area contributed by atoms with Crippen LogP contribution in [0.5, 0.6) is 0 Å². The predicted octanol–water partition coefficient (Wildman–Crippen LogP) is 3.22. The lowest BCUT2D eigenvalue weighted by atomic mass is 10.1. The van der Waals surface area contributed by atoms with Crippen molar-refractivity contribution in [2.24, 2.45) is 5.92 Å². The molecule has 0 saturated heterocycles. The van der Waals surface area contributed by atoms with Crippen LogP contribution in [0.25, 0.3) is 0 Å². The maximum Gasteiger partial charge on any atom is 0.319 e. The Kier molecular flexibility index (Phi) is 3.36. The van der Waals surface area contributed by atoms with Crippen LogP contribution in [0.1, 0.15) is 30.9 Å². The van der Waals surface area contributed by atoms with Crippen molar-refractivity contribution in [3.63, 3.8) is 0 Å². The fourth-order valence-electron chi connectivity index (χ4n) is 2.08. The summed E-state index contributed by atoms with van der Waals surface area (Å²) in [6, 6.07) is 6.20. The summed E-state index contributed by atoms with van der Waals surface area (Å²) in [5.74, 6) is 0.679. The molecule has 1 unspecified atom stereocenters. The molecule has 2 amide bonds. The van der Waals surface area contributed by atoms with Gasteiger partial charge in [0.1, 0.15) is 0 Å². The number of urea groups is 1. The van der Waals surface area contributed by atoms with Crippen LogP contribution in [0.2, 0.25) is 0 Å². The summed E-state index contributed by atoms with van der Waals surface area (Å²) in [5.41, 5.74) is 3.12. The highest BCUT2D eigenvalue weighted by Gasteiger charge is 2.28. The number of anilines is 1. The van der Waals surface area contributed by atoms with Crippen molar-refractivity contribution in [1.29, 1.82) is 0 Å². The van der Waals surface area contributed by atoms with Gasteiger partial charge in [-0.3, -0.25) is 0 Å². The Bertz CT molecular complexity index is 404. The smallest absolute Gasteiger partial charge is 0.319 e. The number of amides is 2. The molecule has 2 N–H and O–H groups in total. The van der Waals surface area contributed by atoms with Gasteiger partial charge in [-0.1, -0.05) is 18.2 Å². The molecule has 0 aliphatic heterocycles. The Hall–Kier alpha value is -1.51. The summed E-state index contributed by atoms with van der Waals surface area (Å²) < 4.78 is 0. The van der Waals surface area contributed by atoms with Crippen molar-refractivity contribution in [1.82, 2.24) is 5.32 Å². The first kappa shape index (κ1) is 12.0. The fourth-order valence-corrected chi connectivity index (χ4v) is 2.08. The lowest BCUT2D eigenvalue weighted by molar-refractivity contribution is 0.248. The number of hydrogen-bond acceptors (Lipinski definition) is 1. The molecule has 1 aromatic carbocycles. The van der Waals surface area contributed by atoms with Crippen molar-refractivity contribution < 1.29 is 4.79 Å². The van der Waals surface area contributed by atoms with Gasteiger partial charge in [0.25, 0.3) is 0 Å². The van der Waals surface area contributed by atoms with Gasteiger partial charge >= 0.3 is 6.03 Å². The van der Waals surface area contributed by atoms with Crippen LogP contribution in [-0.4, -0.2) is 12.1 Å². The SMILES string of the molecule is Cc1cccc(C)c1NC(=O)NC(C)C1CC1. The number of hydrogen-bond donors (Lipinski definition) is 2. The van der Waals surface area contributed by atoms with E-state index < -0.39 is 0 Å². The third kappa shape index (κ3) is 2.99. The number of benzene rings is 1. The third-order valence-corrected chi connectivity index (χ3v) is 3.41. The zero-order valence-electron chi connectivity index (χ0n) is 10.7. The molecule has 1 aliphatic rings. The van der Waals surface area contributed by atoms with Crippen molar-refractivity contribution >= 4 is 11.7 Å². The highest BCUT2D eigenvalue weighted by atomic mass is 16.2. The van der Waals surface area contributed by atoms with E-state index in [1.54, 1.807) is 0 Å². The second kappa shape index (κ2) is 4.78. The van der Waals surface area contributed by atoms with E-state index in [1.807, 2.05) is 32.0 Å². The van der Waals surface area contributed by atoms with Gasteiger partial charge in [-0.2, -0.15) is 0 Å². The molecule has 0 aromatic heterocycles. The van der Waals surface area contributed by atoms with Crippen LogP contribution in [0.15, 0.2) is 18.2 Å². The topological polar surface area (TPSA) is 41.1 Å². The van der Waals surface area contributed by atoms with E-state index in [0.29, 0.717) is 5.92 Å². The van der Waals surface area contributed by atoms with Crippen molar-refractivity contribution in [2.45, 2.75) is 39.7 Å². The largest absolute Gasteiger partial charge is 0.335 e. The average Bonchev–Trinajstić information content (AvgIpc) is 3.07. The Morgan fingerprint density at radius 2 is 1.88 bits per heavy atom. The van der Waals surface area contributed by atoms with Crippen molar-refractivity contribution in [3.05, 3.63) is 29.3 Å². The van der Waals surface area contributed by atoms with Crippen LogP contribution in [0.3, 0.4) is 0 Å². The first-order valence-electron chi connectivity index (χ1n) is 6.21. The van der Waals surface area contributed by atoms with Crippen LogP contribution >= 0.6 is 0 Å². The molecule has 1 atom stereocenters. The summed E-state index contributed by atoms with van der Waals surface area (Å²) >= 11 is 0. The minimum atomic E-state index is -0.0956. The zero-order chi connectivity index (χ0) is 12.4. The van der Waals surface area contributed by atoms with Crippen molar-refractivity contribution in [3.8, 4) is 0 Å². The van der Waals surface area contributed by atoms with E-state index in [2.05, 4.69) is 17.6 Å². The summed E-state index contributed by atoms with van der Waals surface area (Å²) in [4.78, 5) is 11.8. The summed E-state index contributed by atoms with van der Waals surface area (Å²) in [6.45, 7) is 6.09. The molecule has 1 saturated carbocycles. The van der Waals surface area contributed by atoms with Crippen LogP contribution in [-0.2, 0) is 0 Å². The van der Waals surface area contributed by atoms with Gasteiger partial charge in [-0.25, -0.2) is 4.79 Å². The molecule has 1 fully saturated rings. The van der Waals surface area contributed by atoms with Gasteiger partial charge in [-0.15, -0.1) is 0 Å². The quantitative estimate of drug-likeness (QED) is 0.825. The fraction of sp³-hybridized carbons (Fsp3) is 0.500. The molecule has 0 heterocycles. The molecule has 3 nitrogen and oxygen atoms in total. The maximum atomic E-state index is 11.8. The lowest BCUT2D eigenvalue weighted by Crippen LogP contribution is -2.37. The third-order valence-electron chi connectivity index (χ3n) is 3.41. The number of carbonyl (C=O) groups is 1. The number of aryl methyl sites for hydroxylation is 2. The lowest BCUT2D eigenvalue weighted by Gasteiger charge is -2.16. The highest BCUT2D eigenvalue weighted by Crippen LogP contribution is 2.32. The number of para-hydroxylation sites is 1. The standard InChI is InChI=1S/C14H20N2O/c1-9-5-4-6-10(2)13(9)16-14(17)15-11(3)12-7-8-12/h4-6,11-12H,7-8H2,1-3H3,(H2,15,16,17). The highest BCUT2D eigenvalue weighted by molar-refractivity contribution is 5.91. The summed E-state index contributed by atoms with van der Waals surface area (Å²) in [7, 11) is 0. The molecule has 0 spiro atoms. The zero-order valence-corrected chi connectivity index (χ0v) is 10.7. The molecule has 0 radical (unpaired) electrons. The van der Waals surface area contributed by atoms with Gasteiger partial charge in [0.05, 0.1) is 0 Å². The molecule has 1 aromatic rings. The van der Waals surface area contributed by atoms with Gasteiger partial charge in [0, 0.05) is 11.7 Å². The Morgan fingerprint density at radius 1 is 1.29 bits per heavy atom. The van der Waals surface area contributed by atoms with Gasteiger partial charge in [-0.05, 0) is 50.7 Å². The van der Waals surface area contributed by atoms with Gasteiger partial charge < -0.3 is 10.6 Å². The Balaban J connectivity index is 1.97. The molecular formula is C14H20N2O. The van der Waals surface area contributed by atoms with Crippen LogP contribution in [0, 0.1) is 19.8 Å². The average molecular weight is 232 g/mol. The normalized spacial score (nSPS) is 16.4. The minimum Gasteiger partial charge on any atom is -0.335 e. The second-order valence-electron chi connectivity index (χ2n) is 4.99. The van der Waals surface area contributed by atoms with E-state index in [9.17, 15) is 4.79 Å². The molecule has 92 valence electrons. The summed E-state index contributed by atoms with van der Waals surface area (Å²) in [6.07, 6.45) is 2.48. The van der Waals surface area contributed by atoms with Crippen LogP contribution in [0.4, 0.5) is 10.5 Å². The number of carbonyl (C=O) groups excluding carboxylic acids is 1. The first-order valence-corrected chi connectivity index (χ1v) is 6.21. The molecule has 3 heteroatoms. The minimum absolute atomic E-state index is 0.0956. The van der Waals surface area contributed by atoms with E-state index in [0.717, 1.165) is 16.8 Å². The van der Waals surface area contributed by atoms with Gasteiger partial charge in [0.2, 0.25) is 0 Å². The van der Waals surface area contributed by atoms with E-state index in [-0.39, 0.29) is 12.1 Å². The molecule has 17 heavy (non-hydrogen) atoms. The predicted molar refractivity (Wildman–Crippen MR) is 70.3 cm³/mol. The molecule has 2 rings (SSSR count). The monoisotopic (exact) mass is 232 g/mol. The Labute approximate surface area is 103 Å². The van der Waals surface area contributed by atoms with E-state index >= 15 is 0 Å². The Morgan fingerprint density at radius 3 is 2.41 bits per heavy atom. The van der Waals surface area contributed by atoms with E-state index in [4.69, 9.17) is 0 Å². The summed E-state index contributed by atoms with van der Waals surface area (Å²) in [5, 5.41) is 5.94. The van der Waals surface area contributed by atoms with E-state index in [1.165, 1.54) is 12.8 Å². The number of nitrogens with one attached hydrogen (secondary N) is 2. The van der Waals surface area contributed by atoms with Crippen molar-refractivity contribution in [2.75, 3.05) is 5.32 Å². The van der Waals surface area contributed by atoms with Gasteiger partial charge in [0.15, 0.2) is 0 Å². The first-order chi connectivity index (χ1) is 8.08. The van der Waals surface area contributed by atoms with Crippen LogP contribution < -0.4 is 10.6 Å². The molecule has 1 aliphatic carbocycles. The molecule has 0 bridgehead atoms. The maximum absolute atomic E-state index is 11.8. The number of rotatable bonds is 3. The molecular weight excluding hydrogens is 212 g/mol. The second-order valence-corrected chi connectivity index (χ2v) is 4.99.